The summed E-state index contributed by atoms with van der Waals surface area (Å²) in [6.45, 7) is 3.80. The van der Waals surface area contributed by atoms with Gasteiger partial charge in [0, 0.05) is 22.3 Å². The Kier molecular flexibility index (Phi) is 3.15. The lowest BCUT2D eigenvalue weighted by molar-refractivity contribution is 0.378. The number of allylic oxidation sites excluding steroid dienone is 1. The third kappa shape index (κ3) is 2.19. The zero-order valence-corrected chi connectivity index (χ0v) is 13.7. The van der Waals surface area contributed by atoms with Gasteiger partial charge in [0.25, 0.3) is 5.56 Å². The maximum atomic E-state index is 12.7. The summed E-state index contributed by atoms with van der Waals surface area (Å²) < 4.78 is 5.43. The van der Waals surface area contributed by atoms with Crippen LogP contribution in [0.25, 0.3) is 10.9 Å². The Hall–Kier alpha value is -3.53. The molecule has 7 heteroatoms. The summed E-state index contributed by atoms with van der Waals surface area (Å²) in [6, 6.07) is 9.67. The Morgan fingerprint density at radius 2 is 2.12 bits per heavy atom. The van der Waals surface area contributed by atoms with Gasteiger partial charge in [-0.25, -0.2) is 0 Å². The molecule has 0 bridgehead atoms. The quantitative estimate of drug-likeness (QED) is 0.629. The number of nitrogens with zero attached hydrogens (tertiary/aromatic N) is 2. The van der Waals surface area contributed by atoms with E-state index in [4.69, 9.17) is 10.5 Å². The molecule has 0 unspecified atom stereocenters. The van der Waals surface area contributed by atoms with E-state index in [2.05, 4.69) is 21.3 Å². The number of fused-ring (bicyclic) bond motifs is 2. The van der Waals surface area contributed by atoms with Gasteiger partial charge in [-0.05, 0) is 37.4 Å². The van der Waals surface area contributed by atoms with Gasteiger partial charge < -0.3 is 15.5 Å². The Morgan fingerprint density at radius 3 is 2.88 bits per heavy atom. The molecular formula is C18H15N5O2. The number of hydrogen-bond donors (Lipinski definition) is 3. The molecule has 124 valence electrons. The van der Waals surface area contributed by atoms with Crippen molar-refractivity contribution in [1.82, 2.24) is 15.2 Å². The van der Waals surface area contributed by atoms with Crippen LogP contribution in [0.15, 0.2) is 40.5 Å². The van der Waals surface area contributed by atoms with E-state index >= 15 is 0 Å². The summed E-state index contributed by atoms with van der Waals surface area (Å²) in [7, 11) is 0. The van der Waals surface area contributed by atoms with E-state index in [9.17, 15) is 10.1 Å². The third-order valence-corrected chi connectivity index (χ3v) is 4.47. The van der Waals surface area contributed by atoms with Crippen LogP contribution in [-0.4, -0.2) is 15.2 Å². The smallest absolute Gasteiger partial charge is 0.252 e. The maximum Gasteiger partial charge on any atom is 0.252 e. The fourth-order valence-electron chi connectivity index (χ4n) is 3.27. The van der Waals surface area contributed by atoms with Crippen LogP contribution in [0, 0.1) is 25.2 Å². The Bertz CT molecular complexity index is 1150. The summed E-state index contributed by atoms with van der Waals surface area (Å²) in [6.07, 6.45) is 0. The second kappa shape index (κ2) is 5.24. The Morgan fingerprint density at radius 1 is 1.32 bits per heavy atom. The molecule has 0 fully saturated rings. The molecule has 0 amide bonds. The van der Waals surface area contributed by atoms with Gasteiger partial charge in [-0.15, -0.1) is 5.10 Å². The van der Waals surface area contributed by atoms with Crippen LogP contribution in [0.5, 0.6) is 5.88 Å². The Balaban J connectivity index is 2.04. The predicted molar refractivity (Wildman–Crippen MR) is 91.9 cm³/mol. The first-order valence-corrected chi connectivity index (χ1v) is 7.75. The predicted octanol–water partition coefficient (Wildman–Crippen LogP) is 2.09. The molecule has 0 saturated heterocycles. The van der Waals surface area contributed by atoms with Crippen molar-refractivity contribution in [3.63, 3.8) is 0 Å². The maximum absolute atomic E-state index is 12.7. The molecule has 2 aromatic heterocycles. The topological polar surface area (TPSA) is 121 Å². The van der Waals surface area contributed by atoms with Crippen LogP contribution in [0.3, 0.4) is 0 Å². The van der Waals surface area contributed by atoms with Crippen molar-refractivity contribution in [2.24, 2.45) is 5.73 Å². The van der Waals surface area contributed by atoms with Crippen molar-refractivity contribution in [2.45, 2.75) is 19.8 Å². The van der Waals surface area contributed by atoms with E-state index < -0.39 is 5.92 Å². The van der Waals surface area contributed by atoms with Crippen LogP contribution in [0.4, 0.5) is 0 Å². The molecule has 1 atom stereocenters. The fourth-order valence-corrected chi connectivity index (χ4v) is 3.27. The Labute approximate surface area is 142 Å². The lowest BCUT2D eigenvalue weighted by atomic mass is 9.84. The minimum Gasteiger partial charge on any atom is -0.420 e. The number of pyridine rings is 1. The molecule has 0 radical (unpaired) electrons. The molecule has 7 nitrogen and oxygen atoms in total. The van der Waals surface area contributed by atoms with Crippen LogP contribution in [0.1, 0.15) is 28.3 Å². The largest absolute Gasteiger partial charge is 0.420 e. The van der Waals surface area contributed by atoms with Crippen molar-refractivity contribution in [3.05, 3.63) is 68.5 Å². The molecule has 25 heavy (non-hydrogen) atoms. The molecule has 1 aromatic carbocycles. The SMILES string of the molecule is Cc1ccc2[nH]c(=O)c([C@@H]3C(C#N)=C(N)Oc4n[nH]c(C)c43)cc2c1. The number of hydrogen-bond acceptors (Lipinski definition) is 5. The number of nitrogens with one attached hydrogen (secondary N) is 2. The van der Waals surface area contributed by atoms with E-state index in [-0.39, 0.29) is 17.0 Å². The lowest BCUT2D eigenvalue weighted by Crippen LogP contribution is -2.25. The zero-order chi connectivity index (χ0) is 17.7. The van der Waals surface area contributed by atoms with Crippen LogP contribution >= 0.6 is 0 Å². The number of aromatic nitrogens is 3. The summed E-state index contributed by atoms with van der Waals surface area (Å²) in [5.74, 6) is -0.362. The normalized spacial score (nSPS) is 16.4. The minimum atomic E-state index is -0.624. The first-order chi connectivity index (χ1) is 12.0. The number of aryl methyl sites for hydroxylation is 2. The summed E-state index contributed by atoms with van der Waals surface area (Å²) in [5.41, 5.74) is 9.47. The molecule has 3 heterocycles. The highest BCUT2D eigenvalue weighted by molar-refractivity contribution is 5.80. The molecule has 4 N–H and O–H groups in total. The molecule has 0 aliphatic carbocycles. The van der Waals surface area contributed by atoms with E-state index in [0.717, 1.165) is 22.2 Å². The molecule has 3 aromatic rings. The highest BCUT2D eigenvalue weighted by Gasteiger charge is 2.35. The average Bonchev–Trinajstić information content (AvgIpc) is 2.94. The first kappa shape index (κ1) is 15.0. The fraction of sp³-hybridized carbons (Fsp3) is 0.167. The third-order valence-electron chi connectivity index (χ3n) is 4.47. The van der Waals surface area contributed by atoms with Crippen molar-refractivity contribution < 1.29 is 4.74 Å². The van der Waals surface area contributed by atoms with Crippen molar-refractivity contribution in [1.29, 1.82) is 5.26 Å². The molecule has 4 rings (SSSR count). The van der Waals surface area contributed by atoms with Crippen molar-refractivity contribution >= 4 is 10.9 Å². The van der Waals surface area contributed by atoms with Crippen molar-refractivity contribution in [3.8, 4) is 11.9 Å². The monoisotopic (exact) mass is 333 g/mol. The number of nitriles is 1. The van der Waals surface area contributed by atoms with Gasteiger partial charge in [-0.3, -0.25) is 9.89 Å². The van der Waals surface area contributed by atoms with E-state index in [1.807, 2.05) is 32.0 Å². The van der Waals surface area contributed by atoms with Gasteiger partial charge in [-0.2, -0.15) is 5.26 Å². The second-order valence-corrected chi connectivity index (χ2v) is 6.14. The standard InChI is InChI=1S/C18H15N5O2/c1-8-3-4-13-10(5-8)6-11(17(24)21-13)15-12(7-19)16(20)25-18-14(15)9(2)22-23-18/h3-6,15H,20H2,1-2H3,(H,21,24)(H,22,23)/t15-/m1/s1. The van der Waals surface area contributed by atoms with Crippen LogP contribution in [0.2, 0.25) is 0 Å². The molecule has 0 spiro atoms. The van der Waals surface area contributed by atoms with Gasteiger partial charge in [-0.1, -0.05) is 11.6 Å². The lowest BCUT2D eigenvalue weighted by Gasteiger charge is -2.23. The number of nitrogens with two attached hydrogens (primary N) is 1. The van der Waals surface area contributed by atoms with E-state index in [1.54, 1.807) is 6.07 Å². The molecule has 0 saturated carbocycles. The highest BCUT2D eigenvalue weighted by atomic mass is 16.5. The van der Waals surface area contributed by atoms with Gasteiger partial charge in [0.15, 0.2) is 0 Å². The summed E-state index contributed by atoms with van der Waals surface area (Å²) in [5, 5.41) is 17.4. The van der Waals surface area contributed by atoms with Gasteiger partial charge in [0.2, 0.25) is 11.8 Å². The van der Waals surface area contributed by atoms with Gasteiger partial charge in [0.05, 0.1) is 5.92 Å². The van der Waals surface area contributed by atoms with Crippen LogP contribution in [-0.2, 0) is 0 Å². The highest BCUT2D eigenvalue weighted by Crippen LogP contribution is 2.41. The van der Waals surface area contributed by atoms with Gasteiger partial charge >= 0.3 is 0 Å². The number of rotatable bonds is 1. The second-order valence-electron chi connectivity index (χ2n) is 6.14. The molecule has 1 aliphatic rings. The van der Waals surface area contributed by atoms with Crippen LogP contribution < -0.4 is 16.0 Å². The van der Waals surface area contributed by atoms with E-state index in [0.29, 0.717) is 17.0 Å². The summed E-state index contributed by atoms with van der Waals surface area (Å²) in [4.78, 5) is 15.6. The average molecular weight is 333 g/mol. The number of H-pyrrole nitrogens is 2. The van der Waals surface area contributed by atoms with E-state index in [1.165, 1.54) is 0 Å². The van der Waals surface area contributed by atoms with Gasteiger partial charge in [0.1, 0.15) is 11.6 Å². The molecule has 1 aliphatic heterocycles. The number of ether oxygens (including phenoxy) is 1. The van der Waals surface area contributed by atoms with Crippen molar-refractivity contribution in [2.75, 3.05) is 0 Å². The summed E-state index contributed by atoms with van der Waals surface area (Å²) >= 11 is 0. The number of benzene rings is 1. The number of aromatic amines is 2. The minimum absolute atomic E-state index is 0.0322. The molecular weight excluding hydrogens is 318 g/mol. The zero-order valence-electron chi connectivity index (χ0n) is 13.7. The first-order valence-electron chi connectivity index (χ1n) is 7.75.